The molecule has 0 aliphatic carbocycles. The number of amides is 2. The summed E-state index contributed by atoms with van der Waals surface area (Å²) in [6.45, 7) is 3.65. The highest BCUT2D eigenvalue weighted by Gasteiger charge is 2.37. The Balaban J connectivity index is 1.22. The summed E-state index contributed by atoms with van der Waals surface area (Å²) in [5.74, 6) is -0.428. The summed E-state index contributed by atoms with van der Waals surface area (Å²) >= 11 is 1.35. The fourth-order valence-electron chi connectivity index (χ4n) is 5.31. The summed E-state index contributed by atoms with van der Waals surface area (Å²) in [5, 5.41) is 8.70. The van der Waals surface area contributed by atoms with E-state index in [1.165, 1.54) is 42.8 Å². The smallest absolute Gasteiger partial charge is 0.255 e. The lowest BCUT2D eigenvalue weighted by Gasteiger charge is -2.27. The molecule has 1 fully saturated rings. The lowest BCUT2D eigenvalue weighted by atomic mass is 10.0. The number of nitrogens with zero attached hydrogens (tertiary/aromatic N) is 3. The second-order valence-electron chi connectivity index (χ2n) is 9.75. The first kappa shape index (κ1) is 24.3. The number of rotatable bonds is 8. The summed E-state index contributed by atoms with van der Waals surface area (Å²) in [5.41, 5.74) is 5.51. The van der Waals surface area contributed by atoms with E-state index in [1.54, 1.807) is 16.5 Å². The van der Waals surface area contributed by atoms with Gasteiger partial charge in [-0.3, -0.25) is 19.8 Å². The van der Waals surface area contributed by atoms with E-state index in [0.29, 0.717) is 17.2 Å². The molecule has 0 bridgehead atoms. The van der Waals surface area contributed by atoms with Gasteiger partial charge < -0.3 is 10.2 Å². The highest BCUT2D eigenvalue weighted by atomic mass is 32.1. The first-order chi connectivity index (χ1) is 18.6. The number of carbonyl (C=O) groups excluding carboxylic acids is 2. The lowest BCUT2D eigenvalue weighted by Crippen LogP contribution is -2.37. The molecule has 1 atom stereocenters. The fourth-order valence-corrected chi connectivity index (χ4v) is 5.84. The van der Waals surface area contributed by atoms with Crippen LogP contribution in [-0.4, -0.2) is 39.7 Å². The lowest BCUT2D eigenvalue weighted by molar-refractivity contribution is -0.120. The van der Waals surface area contributed by atoms with Gasteiger partial charge in [0.05, 0.1) is 0 Å². The van der Waals surface area contributed by atoms with Crippen molar-refractivity contribution in [2.45, 2.75) is 32.0 Å². The minimum atomic E-state index is -0.765. The van der Waals surface area contributed by atoms with E-state index in [4.69, 9.17) is 0 Å². The van der Waals surface area contributed by atoms with Gasteiger partial charge in [0.15, 0.2) is 5.13 Å². The molecule has 3 heterocycles. The molecule has 3 aromatic carbocycles. The summed E-state index contributed by atoms with van der Waals surface area (Å²) in [6, 6.07) is 23.0. The summed E-state index contributed by atoms with van der Waals surface area (Å²) in [4.78, 5) is 35.2. The molecule has 0 spiro atoms. The Morgan fingerprint density at radius 3 is 2.58 bits per heavy atom. The van der Waals surface area contributed by atoms with Crippen molar-refractivity contribution in [3.63, 3.8) is 0 Å². The van der Waals surface area contributed by atoms with Gasteiger partial charge in [0.25, 0.3) is 11.8 Å². The zero-order valence-electron chi connectivity index (χ0n) is 21.0. The fraction of sp³-hybridized carbons (Fsp3) is 0.233. The first-order valence-electron chi connectivity index (χ1n) is 12.9. The predicted octanol–water partition coefficient (Wildman–Crippen LogP) is 5.82. The van der Waals surface area contributed by atoms with Gasteiger partial charge in [-0.2, -0.15) is 0 Å². The number of carbonyl (C=O) groups is 2. The minimum Gasteiger partial charge on any atom is -0.356 e. The monoisotopic (exact) mass is 523 g/mol. The van der Waals surface area contributed by atoms with Crippen LogP contribution in [0.1, 0.15) is 45.9 Å². The standard InChI is InChI=1S/C30H29N5O2S/c36-28(33-30-31-13-16-38-30)27(22-8-2-1-3-9-22)35-20-23-18-25(11-12-26(23)29(35)37)32-24-10-6-7-21(17-24)19-34-14-4-5-15-34/h1-3,6-13,16-18,27,32H,4-5,14-15,19-20H2,(H,31,33,36). The Morgan fingerprint density at radius 1 is 0.974 bits per heavy atom. The van der Waals surface area contributed by atoms with Gasteiger partial charge in [0, 0.05) is 41.6 Å². The maximum atomic E-state index is 13.5. The summed E-state index contributed by atoms with van der Waals surface area (Å²) in [6.07, 6.45) is 4.20. The molecule has 2 aliphatic heterocycles. The molecule has 7 nitrogen and oxygen atoms in total. The molecule has 192 valence electrons. The minimum absolute atomic E-state index is 0.151. The van der Waals surface area contributed by atoms with Crippen LogP contribution < -0.4 is 10.6 Å². The Labute approximate surface area is 226 Å². The number of thiazole rings is 1. The van der Waals surface area contributed by atoms with Crippen LogP contribution in [0.15, 0.2) is 84.4 Å². The molecule has 1 aromatic heterocycles. The number of hydrogen-bond donors (Lipinski definition) is 2. The van der Waals surface area contributed by atoms with Crippen molar-refractivity contribution in [2.75, 3.05) is 23.7 Å². The zero-order chi connectivity index (χ0) is 25.9. The third-order valence-electron chi connectivity index (χ3n) is 7.10. The second kappa shape index (κ2) is 10.8. The molecule has 0 radical (unpaired) electrons. The number of nitrogens with one attached hydrogen (secondary N) is 2. The van der Waals surface area contributed by atoms with Gasteiger partial charge in [-0.25, -0.2) is 4.98 Å². The molecule has 2 N–H and O–H groups in total. The third kappa shape index (κ3) is 5.18. The van der Waals surface area contributed by atoms with E-state index in [2.05, 4.69) is 44.8 Å². The van der Waals surface area contributed by atoms with Crippen LogP contribution in [0.3, 0.4) is 0 Å². The molecule has 4 aromatic rings. The maximum absolute atomic E-state index is 13.5. The number of aromatic nitrogens is 1. The molecule has 1 saturated heterocycles. The highest BCUT2D eigenvalue weighted by Crippen LogP contribution is 2.34. The third-order valence-corrected chi connectivity index (χ3v) is 7.78. The Morgan fingerprint density at radius 2 is 1.79 bits per heavy atom. The number of fused-ring (bicyclic) bond motifs is 1. The second-order valence-corrected chi connectivity index (χ2v) is 10.6. The van der Waals surface area contributed by atoms with Crippen molar-refractivity contribution >= 4 is 39.7 Å². The van der Waals surface area contributed by atoms with E-state index in [-0.39, 0.29) is 11.8 Å². The molecule has 2 amide bonds. The maximum Gasteiger partial charge on any atom is 0.255 e. The Kier molecular flexibility index (Phi) is 6.90. The highest BCUT2D eigenvalue weighted by molar-refractivity contribution is 7.13. The van der Waals surface area contributed by atoms with E-state index < -0.39 is 6.04 Å². The molecule has 38 heavy (non-hydrogen) atoms. The number of anilines is 3. The number of hydrogen-bond acceptors (Lipinski definition) is 6. The number of benzene rings is 3. The van der Waals surface area contributed by atoms with Crippen molar-refractivity contribution in [1.82, 2.24) is 14.8 Å². The van der Waals surface area contributed by atoms with Crippen molar-refractivity contribution in [1.29, 1.82) is 0 Å². The molecule has 2 aliphatic rings. The normalized spacial score (nSPS) is 15.9. The van der Waals surface area contributed by atoms with E-state index in [1.807, 2.05) is 48.5 Å². The average Bonchev–Trinajstić information content (AvgIpc) is 3.69. The van der Waals surface area contributed by atoms with Gasteiger partial charge in [-0.1, -0.05) is 42.5 Å². The molecule has 1 unspecified atom stereocenters. The van der Waals surface area contributed by atoms with Crippen LogP contribution in [0.5, 0.6) is 0 Å². The molecule has 6 rings (SSSR count). The predicted molar refractivity (Wildman–Crippen MR) is 150 cm³/mol. The molecule has 0 saturated carbocycles. The largest absolute Gasteiger partial charge is 0.356 e. The molecular formula is C30H29N5O2S. The van der Waals surface area contributed by atoms with Gasteiger partial charge in [0.2, 0.25) is 0 Å². The van der Waals surface area contributed by atoms with Crippen molar-refractivity contribution in [3.05, 3.63) is 107 Å². The number of likely N-dealkylation sites (tertiary alicyclic amines) is 1. The zero-order valence-corrected chi connectivity index (χ0v) is 21.8. The van der Waals surface area contributed by atoms with Gasteiger partial charge in [0.1, 0.15) is 6.04 Å². The summed E-state index contributed by atoms with van der Waals surface area (Å²) < 4.78 is 0. The van der Waals surface area contributed by atoms with Gasteiger partial charge in [-0.05, 0) is 73.0 Å². The van der Waals surface area contributed by atoms with E-state index in [0.717, 1.165) is 29.0 Å². The van der Waals surface area contributed by atoms with Crippen LogP contribution in [0, 0.1) is 0 Å². The first-order valence-corrected chi connectivity index (χ1v) is 13.8. The van der Waals surface area contributed by atoms with Crippen LogP contribution in [0.4, 0.5) is 16.5 Å². The molecular weight excluding hydrogens is 494 g/mol. The Bertz CT molecular complexity index is 1430. The van der Waals surface area contributed by atoms with Crippen LogP contribution in [-0.2, 0) is 17.9 Å². The summed E-state index contributed by atoms with van der Waals surface area (Å²) in [7, 11) is 0. The van der Waals surface area contributed by atoms with Crippen molar-refractivity contribution < 1.29 is 9.59 Å². The Hall–Kier alpha value is -4.01. The topological polar surface area (TPSA) is 77.6 Å². The average molecular weight is 524 g/mol. The van der Waals surface area contributed by atoms with Crippen LogP contribution >= 0.6 is 11.3 Å². The van der Waals surface area contributed by atoms with E-state index >= 15 is 0 Å². The van der Waals surface area contributed by atoms with Crippen molar-refractivity contribution in [3.8, 4) is 0 Å². The SMILES string of the molecule is O=C(Nc1nccs1)C(c1ccccc1)N1Cc2cc(Nc3cccc(CN4CCCC4)c3)ccc2C1=O. The van der Waals surface area contributed by atoms with Gasteiger partial charge >= 0.3 is 0 Å². The van der Waals surface area contributed by atoms with Gasteiger partial charge in [-0.15, -0.1) is 11.3 Å². The van der Waals surface area contributed by atoms with Crippen molar-refractivity contribution in [2.24, 2.45) is 0 Å². The molecule has 8 heteroatoms. The quantitative estimate of drug-likeness (QED) is 0.304. The van der Waals surface area contributed by atoms with Crippen LogP contribution in [0.2, 0.25) is 0 Å². The van der Waals surface area contributed by atoms with Crippen LogP contribution in [0.25, 0.3) is 0 Å². The van der Waals surface area contributed by atoms with E-state index in [9.17, 15) is 9.59 Å².